The molecule has 5 nitrogen and oxygen atoms in total. The van der Waals surface area contributed by atoms with E-state index in [1.165, 1.54) is 10.9 Å². The Balaban J connectivity index is 1.95. The Morgan fingerprint density at radius 2 is 1.95 bits per heavy atom. The maximum atomic E-state index is 12.4. The average Bonchev–Trinajstić information content (AvgIpc) is 2.49. The van der Waals surface area contributed by atoms with Crippen LogP contribution >= 0.6 is 0 Å². The SMILES string of the molecule is Cc1cc(C)cc([C@@H](O)Cn2cnc3cnccc3c2=O)c1. The number of pyridine rings is 1. The summed E-state index contributed by atoms with van der Waals surface area (Å²) in [5.74, 6) is 0. The largest absolute Gasteiger partial charge is 0.387 e. The zero-order chi connectivity index (χ0) is 15.7. The van der Waals surface area contributed by atoms with Crippen LogP contribution in [0.2, 0.25) is 0 Å². The van der Waals surface area contributed by atoms with E-state index in [1.807, 2.05) is 32.0 Å². The van der Waals surface area contributed by atoms with Crippen LogP contribution in [-0.4, -0.2) is 19.6 Å². The first-order valence-electron chi connectivity index (χ1n) is 7.10. The van der Waals surface area contributed by atoms with Crippen LogP contribution in [0.5, 0.6) is 0 Å². The van der Waals surface area contributed by atoms with Gasteiger partial charge in [-0.05, 0) is 25.5 Å². The molecule has 1 aromatic carbocycles. The second-order valence-corrected chi connectivity index (χ2v) is 5.53. The first-order chi connectivity index (χ1) is 10.5. The van der Waals surface area contributed by atoms with Gasteiger partial charge in [0.25, 0.3) is 5.56 Å². The highest BCUT2D eigenvalue weighted by molar-refractivity contribution is 5.75. The predicted octanol–water partition coefficient (Wildman–Crippen LogP) is 2.14. The van der Waals surface area contributed by atoms with Crippen LogP contribution in [0.15, 0.2) is 47.8 Å². The van der Waals surface area contributed by atoms with Crippen LogP contribution in [0.3, 0.4) is 0 Å². The van der Waals surface area contributed by atoms with Crippen molar-refractivity contribution in [3.63, 3.8) is 0 Å². The Kier molecular flexibility index (Phi) is 3.73. The Hall–Kier alpha value is -2.53. The zero-order valence-electron chi connectivity index (χ0n) is 12.5. The third-order valence-electron chi connectivity index (χ3n) is 3.63. The smallest absolute Gasteiger partial charge is 0.261 e. The van der Waals surface area contributed by atoms with Crippen molar-refractivity contribution in [1.82, 2.24) is 14.5 Å². The molecule has 0 amide bonds. The summed E-state index contributed by atoms with van der Waals surface area (Å²) in [7, 11) is 0. The van der Waals surface area contributed by atoms with Crippen LogP contribution in [0.4, 0.5) is 0 Å². The molecule has 0 saturated heterocycles. The Labute approximate surface area is 127 Å². The van der Waals surface area contributed by atoms with Gasteiger partial charge in [0.15, 0.2) is 0 Å². The van der Waals surface area contributed by atoms with Crippen molar-refractivity contribution in [2.75, 3.05) is 0 Å². The number of aliphatic hydroxyl groups excluding tert-OH is 1. The highest BCUT2D eigenvalue weighted by atomic mass is 16.3. The summed E-state index contributed by atoms with van der Waals surface area (Å²) < 4.78 is 1.44. The van der Waals surface area contributed by atoms with Gasteiger partial charge in [-0.25, -0.2) is 4.98 Å². The molecule has 1 atom stereocenters. The summed E-state index contributed by atoms with van der Waals surface area (Å²) in [4.78, 5) is 20.6. The molecule has 1 N–H and O–H groups in total. The number of aliphatic hydroxyl groups is 1. The molecule has 0 radical (unpaired) electrons. The molecule has 2 aromatic heterocycles. The van der Waals surface area contributed by atoms with Crippen LogP contribution in [0, 0.1) is 13.8 Å². The topological polar surface area (TPSA) is 68.0 Å². The summed E-state index contributed by atoms with van der Waals surface area (Å²) >= 11 is 0. The molecule has 0 spiro atoms. The van der Waals surface area contributed by atoms with Crippen molar-refractivity contribution in [2.24, 2.45) is 0 Å². The average molecular weight is 295 g/mol. The van der Waals surface area contributed by atoms with E-state index in [0.717, 1.165) is 16.7 Å². The quantitative estimate of drug-likeness (QED) is 0.804. The van der Waals surface area contributed by atoms with E-state index in [4.69, 9.17) is 0 Å². The van der Waals surface area contributed by atoms with Crippen LogP contribution < -0.4 is 5.56 Å². The predicted molar refractivity (Wildman–Crippen MR) is 84.7 cm³/mol. The highest BCUT2D eigenvalue weighted by Crippen LogP contribution is 2.18. The molecule has 22 heavy (non-hydrogen) atoms. The van der Waals surface area contributed by atoms with Crippen molar-refractivity contribution < 1.29 is 5.11 Å². The van der Waals surface area contributed by atoms with Gasteiger partial charge in [0.1, 0.15) is 0 Å². The van der Waals surface area contributed by atoms with Gasteiger partial charge in [-0.1, -0.05) is 29.3 Å². The Morgan fingerprint density at radius 3 is 2.68 bits per heavy atom. The minimum atomic E-state index is -0.752. The molecule has 0 bridgehead atoms. The molecule has 2 heterocycles. The van der Waals surface area contributed by atoms with Crippen molar-refractivity contribution in [1.29, 1.82) is 0 Å². The molecular weight excluding hydrogens is 278 g/mol. The number of hydrogen-bond acceptors (Lipinski definition) is 4. The maximum Gasteiger partial charge on any atom is 0.261 e. The number of rotatable bonds is 3. The molecule has 0 aliphatic heterocycles. The van der Waals surface area contributed by atoms with E-state index in [1.54, 1.807) is 18.5 Å². The Morgan fingerprint density at radius 1 is 1.23 bits per heavy atom. The number of aryl methyl sites for hydroxylation is 2. The van der Waals surface area contributed by atoms with Crippen molar-refractivity contribution >= 4 is 10.9 Å². The van der Waals surface area contributed by atoms with E-state index < -0.39 is 6.10 Å². The fraction of sp³-hybridized carbons (Fsp3) is 0.235. The second-order valence-electron chi connectivity index (χ2n) is 5.53. The van der Waals surface area contributed by atoms with E-state index in [2.05, 4.69) is 9.97 Å². The number of aromatic nitrogens is 3. The van der Waals surface area contributed by atoms with E-state index in [0.29, 0.717) is 10.9 Å². The third kappa shape index (κ3) is 2.76. The number of benzene rings is 1. The van der Waals surface area contributed by atoms with E-state index >= 15 is 0 Å². The van der Waals surface area contributed by atoms with Gasteiger partial charge in [-0.3, -0.25) is 14.3 Å². The molecule has 112 valence electrons. The Bertz CT molecular complexity index is 866. The minimum Gasteiger partial charge on any atom is -0.387 e. The lowest BCUT2D eigenvalue weighted by Gasteiger charge is -2.14. The molecule has 0 aliphatic carbocycles. The van der Waals surface area contributed by atoms with Crippen molar-refractivity contribution in [3.8, 4) is 0 Å². The summed E-state index contributed by atoms with van der Waals surface area (Å²) in [5.41, 5.74) is 3.37. The fourth-order valence-electron chi connectivity index (χ4n) is 2.63. The lowest BCUT2D eigenvalue weighted by atomic mass is 10.0. The van der Waals surface area contributed by atoms with Crippen LogP contribution in [0.1, 0.15) is 22.8 Å². The second kappa shape index (κ2) is 5.69. The number of nitrogens with zero attached hydrogens (tertiary/aromatic N) is 3. The molecule has 0 aliphatic rings. The lowest BCUT2D eigenvalue weighted by molar-refractivity contribution is 0.154. The third-order valence-corrected chi connectivity index (χ3v) is 3.63. The molecule has 0 unspecified atom stereocenters. The van der Waals surface area contributed by atoms with E-state index in [-0.39, 0.29) is 12.1 Å². The van der Waals surface area contributed by atoms with Gasteiger partial charge in [-0.2, -0.15) is 0 Å². The normalized spacial score (nSPS) is 12.5. The van der Waals surface area contributed by atoms with Crippen LogP contribution in [-0.2, 0) is 6.54 Å². The zero-order valence-corrected chi connectivity index (χ0v) is 12.5. The molecule has 0 fully saturated rings. The highest BCUT2D eigenvalue weighted by Gasteiger charge is 2.12. The van der Waals surface area contributed by atoms with Gasteiger partial charge in [-0.15, -0.1) is 0 Å². The maximum absolute atomic E-state index is 12.4. The molecular formula is C17H17N3O2. The summed E-state index contributed by atoms with van der Waals surface area (Å²) in [6.45, 7) is 4.15. The number of fused-ring (bicyclic) bond motifs is 1. The minimum absolute atomic E-state index is 0.171. The van der Waals surface area contributed by atoms with Crippen molar-refractivity contribution in [3.05, 3.63) is 70.0 Å². The van der Waals surface area contributed by atoms with Gasteiger partial charge < -0.3 is 5.11 Å². The van der Waals surface area contributed by atoms with Gasteiger partial charge >= 0.3 is 0 Å². The standard InChI is InChI=1S/C17H17N3O2/c1-11-5-12(2)7-13(6-11)16(21)9-20-10-19-15-8-18-4-3-14(15)17(20)22/h3-8,10,16,21H,9H2,1-2H3/t16-/m0/s1. The van der Waals surface area contributed by atoms with Gasteiger partial charge in [0.05, 0.1) is 36.1 Å². The first-order valence-corrected chi connectivity index (χ1v) is 7.10. The van der Waals surface area contributed by atoms with Gasteiger partial charge in [0.2, 0.25) is 0 Å². The molecule has 3 rings (SSSR count). The van der Waals surface area contributed by atoms with Gasteiger partial charge in [0, 0.05) is 6.20 Å². The van der Waals surface area contributed by atoms with E-state index in [9.17, 15) is 9.90 Å². The summed E-state index contributed by atoms with van der Waals surface area (Å²) in [5, 5.41) is 10.9. The molecule has 5 heteroatoms. The lowest BCUT2D eigenvalue weighted by Crippen LogP contribution is -2.23. The number of hydrogen-bond donors (Lipinski definition) is 1. The molecule has 0 saturated carbocycles. The summed E-state index contributed by atoms with van der Waals surface area (Å²) in [6, 6.07) is 7.56. The first kappa shape index (κ1) is 14.4. The van der Waals surface area contributed by atoms with Crippen molar-refractivity contribution in [2.45, 2.75) is 26.5 Å². The molecule has 3 aromatic rings. The fourth-order valence-corrected chi connectivity index (χ4v) is 2.63. The van der Waals surface area contributed by atoms with Crippen LogP contribution in [0.25, 0.3) is 10.9 Å². The summed E-state index contributed by atoms with van der Waals surface area (Å²) in [6.07, 6.45) is 3.83. The monoisotopic (exact) mass is 295 g/mol.